The van der Waals surface area contributed by atoms with Crippen LogP contribution in [0.25, 0.3) is 0 Å². The number of benzene rings is 2. The van der Waals surface area contributed by atoms with Gasteiger partial charge in [0.25, 0.3) is 0 Å². The van der Waals surface area contributed by atoms with E-state index in [1.54, 1.807) is 42.5 Å². The average molecular weight is 310 g/mol. The quantitative estimate of drug-likeness (QED) is 0.853. The van der Waals surface area contributed by atoms with Gasteiger partial charge in [0.05, 0.1) is 28.2 Å². The van der Waals surface area contributed by atoms with Crippen LogP contribution >= 0.6 is 23.2 Å². The third kappa shape index (κ3) is 3.57. The van der Waals surface area contributed by atoms with Gasteiger partial charge in [-0.15, -0.1) is 0 Å². The molecule has 2 rings (SSSR count). The van der Waals surface area contributed by atoms with Crippen molar-refractivity contribution in [1.82, 2.24) is 0 Å². The first-order chi connectivity index (χ1) is 9.10. The van der Waals surface area contributed by atoms with Gasteiger partial charge in [-0.05, 0) is 42.0 Å². The fourth-order valence-corrected chi connectivity index (χ4v) is 3.14. The first kappa shape index (κ1) is 14.1. The van der Waals surface area contributed by atoms with Crippen molar-refractivity contribution in [3.05, 3.63) is 63.6 Å². The summed E-state index contributed by atoms with van der Waals surface area (Å²) in [5.41, 5.74) is 1.25. The van der Waals surface area contributed by atoms with Crippen molar-refractivity contribution < 1.29 is 4.21 Å². The maximum Gasteiger partial charge on any atom is 0.0992 e. The highest BCUT2D eigenvalue weighted by atomic mass is 35.5. The zero-order chi connectivity index (χ0) is 13.8. The van der Waals surface area contributed by atoms with E-state index in [1.807, 2.05) is 6.07 Å². The van der Waals surface area contributed by atoms with Gasteiger partial charge in [0, 0.05) is 14.9 Å². The minimum absolute atomic E-state index is 0.312. The molecule has 0 aliphatic heterocycles. The molecule has 19 heavy (non-hydrogen) atoms. The van der Waals surface area contributed by atoms with Crippen LogP contribution in [-0.4, -0.2) is 4.21 Å². The van der Waals surface area contributed by atoms with E-state index in [9.17, 15) is 4.21 Å². The highest BCUT2D eigenvalue weighted by Gasteiger charge is 2.09. The Bertz CT molecular complexity index is 662. The van der Waals surface area contributed by atoms with Gasteiger partial charge in [-0.2, -0.15) is 5.26 Å². The van der Waals surface area contributed by atoms with Gasteiger partial charge in [-0.1, -0.05) is 29.3 Å². The predicted molar refractivity (Wildman–Crippen MR) is 77.7 cm³/mol. The molecule has 0 saturated heterocycles. The standard InChI is InChI=1S/C14H9Cl2NOS/c15-12-3-5-13(6-4-12)19(18)9-11-2-1-10(8-17)7-14(11)16/h1-7H,9H2. The minimum Gasteiger partial charge on any atom is -0.254 e. The monoisotopic (exact) mass is 309 g/mol. The molecule has 0 aliphatic rings. The van der Waals surface area contributed by atoms with Crippen LogP contribution in [0.3, 0.4) is 0 Å². The third-order valence-electron chi connectivity index (χ3n) is 2.55. The summed E-state index contributed by atoms with van der Waals surface area (Å²) >= 11 is 11.8. The van der Waals surface area contributed by atoms with E-state index in [-0.39, 0.29) is 0 Å². The van der Waals surface area contributed by atoms with E-state index in [4.69, 9.17) is 28.5 Å². The first-order valence-corrected chi connectivity index (χ1v) is 7.50. The zero-order valence-corrected chi connectivity index (χ0v) is 12.1. The van der Waals surface area contributed by atoms with E-state index in [2.05, 4.69) is 0 Å². The molecule has 0 saturated carbocycles. The van der Waals surface area contributed by atoms with Gasteiger partial charge >= 0.3 is 0 Å². The second-order valence-electron chi connectivity index (χ2n) is 3.86. The number of hydrogen-bond donors (Lipinski definition) is 0. The van der Waals surface area contributed by atoms with E-state index >= 15 is 0 Å². The van der Waals surface area contributed by atoms with Gasteiger partial charge < -0.3 is 0 Å². The molecule has 0 aliphatic carbocycles. The van der Waals surface area contributed by atoms with Crippen LogP contribution in [0, 0.1) is 11.3 Å². The largest absolute Gasteiger partial charge is 0.254 e. The minimum atomic E-state index is -1.19. The Kier molecular flexibility index (Phi) is 4.60. The summed E-state index contributed by atoms with van der Waals surface area (Å²) in [4.78, 5) is 0.699. The van der Waals surface area contributed by atoms with E-state index < -0.39 is 10.8 Å². The lowest BCUT2D eigenvalue weighted by Crippen LogP contribution is -1.97. The second kappa shape index (κ2) is 6.21. The Labute approximate surface area is 124 Å². The molecule has 5 heteroatoms. The smallest absolute Gasteiger partial charge is 0.0992 e. The van der Waals surface area contributed by atoms with Crippen LogP contribution in [0.15, 0.2) is 47.4 Å². The molecule has 2 aromatic carbocycles. The van der Waals surface area contributed by atoms with E-state index in [0.717, 1.165) is 5.56 Å². The van der Waals surface area contributed by atoms with Crippen LogP contribution in [0.1, 0.15) is 11.1 Å². The van der Waals surface area contributed by atoms with Gasteiger partial charge in [0.15, 0.2) is 0 Å². The topological polar surface area (TPSA) is 40.9 Å². The lowest BCUT2D eigenvalue weighted by atomic mass is 10.2. The summed E-state index contributed by atoms with van der Waals surface area (Å²) in [5.74, 6) is 0.312. The third-order valence-corrected chi connectivity index (χ3v) is 4.52. The van der Waals surface area contributed by atoms with Gasteiger partial charge in [0.1, 0.15) is 0 Å². The van der Waals surface area contributed by atoms with Crippen LogP contribution in [0.5, 0.6) is 0 Å². The Morgan fingerprint density at radius 3 is 2.37 bits per heavy atom. The van der Waals surface area contributed by atoms with Crippen molar-refractivity contribution in [3.63, 3.8) is 0 Å². The van der Waals surface area contributed by atoms with E-state index in [0.29, 0.717) is 26.3 Å². The van der Waals surface area contributed by atoms with E-state index in [1.165, 1.54) is 0 Å². The molecular weight excluding hydrogens is 301 g/mol. The SMILES string of the molecule is N#Cc1ccc(CS(=O)c2ccc(Cl)cc2)c(Cl)c1. The maximum absolute atomic E-state index is 12.2. The van der Waals surface area contributed by atoms with Crippen molar-refractivity contribution >= 4 is 34.0 Å². The molecule has 1 atom stereocenters. The number of nitriles is 1. The van der Waals surface area contributed by atoms with Crippen molar-refractivity contribution in [3.8, 4) is 6.07 Å². The molecule has 0 spiro atoms. The van der Waals surface area contributed by atoms with Gasteiger partial charge in [-0.25, -0.2) is 0 Å². The number of nitrogens with zero attached hydrogens (tertiary/aromatic N) is 1. The first-order valence-electron chi connectivity index (χ1n) is 5.42. The molecule has 0 radical (unpaired) electrons. The Morgan fingerprint density at radius 2 is 1.79 bits per heavy atom. The average Bonchev–Trinajstić information content (AvgIpc) is 2.41. The van der Waals surface area contributed by atoms with Gasteiger partial charge in [0.2, 0.25) is 0 Å². The summed E-state index contributed by atoms with van der Waals surface area (Å²) in [5, 5.41) is 9.83. The molecular formula is C14H9Cl2NOS. The highest BCUT2D eigenvalue weighted by molar-refractivity contribution is 7.84. The molecule has 0 amide bonds. The molecule has 2 nitrogen and oxygen atoms in total. The Hall–Kier alpha value is -1.34. The van der Waals surface area contributed by atoms with Crippen LogP contribution in [0.4, 0.5) is 0 Å². The molecule has 1 unspecified atom stereocenters. The maximum atomic E-state index is 12.2. The number of rotatable bonds is 3. The molecule has 2 aromatic rings. The normalized spacial score (nSPS) is 11.8. The second-order valence-corrected chi connectivity index (χ2v) is 6.16. The van der Waals surface area contributed by atoms with Crippen molar-refractivity contribution in [2.24, 2.45) is 0 Å². The van der Waals surface area contributed by atoms with Crippen molar-refractivity contribution in [2.45, 2.75) is 10.6 Å². The highest BCUT2D eigenvalue weighted by Crippen LogP contribution is 2.22. The zero-order valence-electron chi connectivity index (χ0n) is 9.77. The summed E-state index contributed by atoms with van der Waals surface area (Å²) in [7, 11) is -1.19. The molecule has 0 N–H and O–H groups in total. The summed E-state index contributed by atoms with van der Waals surface area (Å²) in [6, 6.07) is 13.9. The van der Waals surface area contributed by atoms with Crippen molar-refractivity contribution in [1.29, 1.82) is 5.26 Å². The lowest BCUT2D eigenvalue weighted by molar-refractivity contribution is 0.682. The molecule has 0 bridgehead atoms. The summed E-state index contributed by atoms with van der Waals surface area (Å²) < 4.78 is 12.2. The summed E-state index contributed by atoms with van der Waals surface area (Å²) in [6.07, 6.45) is 0. The predicted octanol–water partition coefficient (Wildman–Crippen LogP) is 4.17. The van der Waals surface area contributed by atoms with Crippen molar-refractivity contribution in [2.75, 3.05) is 0 Å². The Balaban J connectivity index is 2.20. The van der Waals surface area contributed by atoms with Crippen LogP contribution < -0.4 is 0 Å². The molecule has 96 valence electrons. The fraction of sp³-hybridized carbons (Fsp3) is 0.0714. The Morgan fingerprint density at radius 1 is 1.11 bits per heavy atom. The molecule has 0 aromatic heterocycles. The lowest BCUT2D eigenvalue weighted by Gasteiger charge is -2.05. The van der Waals surface area contributed by atoms with Gasteiger partial charge in [-0.3, -0.25) is 4.21 Å². The number of halogens is 2. The summed E-state index contributed by atoms with van der Waals surface area (Å²) in [6.45, 7) is 0. The van der Waals surface area contributed by atoms with Crippen LogP contribution in [-0.2, 0) is 16.6 Å². The molecule has 0 fully saturated rings. The number of hydrogen-bond acceptors (Lipinski definition) is 2. The molecule has 0 heterocycles. The van der Waals surface area contributed by atoms with Crippen LogP contribution in [0.2, 0.25) is 10.0 Å². The fourth-order valence-electron chi connectivity index (χ4n) is 1.54.